The van der Waals surface area contributed by atoms with Gasteiger partial charge in [0, 0.05) is 23.2 Å². The van der Waals surface area contributed by atoms with Crippen LogP contribution < -0.4 is 14.9 Å². The van der Waals surface area contributed by atoms with Crippen LogP contribution >= 0.6 is 11.6 Å². The number of hydrogen-bond acceptors (Lipinski definition) is 9. The van der Waals surface area contributed by atoms with E-state index in [9.17, 15) is 14.1 Å². The van der Waals surface area contributed by atoms with Gasteiger partial charge >= 0.3 is 5.97 Å². The second-order valence-electron chi connectivity index (χ2n) is 7.82. The molecule has 0 aliphatic heterocycles. The first-order valence-corrected chi connectivity index (χ1v) is 11.1. The quantitative estimate of drug-likeness (QED) is 0.237. The number of anilines is 2. The molecule has 2 heterocycles. The average Bonchev–Trinajstić information content (AvgIpc) is 3.24. The van der Waals surface area contributed by atoms with Crippen molar-refractivity contribution in [3.05, 3.63) is 64.0 Å². The van der Waals surface area contributed by atoms with Gasteiger partial charge in [-0.1, -0.05) is 23.7 Å². The Balaban J connectivity index is 1.90. The van der Waals surface area contributed by atoms with E-state index in [0.717, 1.165) is 6.07 Å². The number of rotatable bonds is 8. The van der Waals surface area contributed by atoms with Gasteiger partial charge in [0.1, 0.15) is 29.6 Å². The fourth-order valence-corrected chi connectivity index (χ4v) is 3.87. The molecule has 0 spiro atoms. The maximum absolute atomic E-state index is 14.0. The first-order valence-electron chi connectivity index (χ1n) is 10.7. The third-order valence-electron chi connectivity index (χ3n) is 5.16. The van der Waals surface area contributed by atoms with E-state index in [-0.39, 0.29) is 34.7 Å². The zero-order valence-electron chi connectivity index (χ0n) is 19.7. The molecule has 4 aromatic rings. The van der Waals surface area contributed by atoms with Crippen molar-refractivity contribution in [3.63, 3.8) is 0 Å². The van der Waals surface area contributed by atoms with Gasteiger partial charge < -0.3 is 19.6 Å². The molecule has 186 valence electrons. The number of halogens is 2. The number of carbonyl (C=O) groups is 1. The van der Waals surface area contributed by atoms with Gasteiger partial charge in [-0.3, -0.25) is 0 Å². The second-order valence-corrected chi connectivity index (χ2v) is 8.22. The minimum absolute atomic E-state index is 0.0354. The highest BCUT2D eigenvalue weighted by atomic mass is 35.5. The number of methoxy groups -OCH3 is 1. The third kappa shape index (κ3) is 4.65. The van der Waals surface area contributed by atoms with E-state index in [1.54, 1.807) is 32.2 Å². The number of carbonyl (C=O) groups excluding carboxylic acids is 1. The van der Waals surface area contributed by atoms with Crippen LogP contribution in [0.5, 0.6) is 5.75 Å². The highest BCUT2D eigenvalue weighted by molar-refractivity contribution is 6.35. The topological polar surface area (TPSA) is 117 Å². The summed E-state index contributed by atoms with van der Waals surface area (Å²) in [5.41, 5.74) is 1.21. The van der Waals surface area contributed by atoms with Crippen molar-refractivity contribution in [2.45, 2.75) is 20.0 Å². The molecule has 4 rings (SSSR count). The van der Waals surface area contributed by atoms with Crippen molar-refractivity contribution >= 4 is 45.8 Å². The summed E-state index contributed by atoms with van der Waals surface area (Å²) in [7, 11) is 2.82. The summed E-state index contributed by atoms with van der Waals surface area (Å²) in [6.07, 6.45) is 2.57. The average molecular weight is 514 g/mol. The Morgan fingerprint density at radius 1 is 1.25 bits per heavy atom. The highest BCUT2D eigenvalue weighted by Crippen LogP contribution is 2.37. The van der Waals surface area contributed by atoms with Gasteiger partial charge in [0.15, 0.2) is 5.82 Å². The predicted molar refractivity (Wildman–Crippen MR) is 133 cm³/mol. The Kier molecular flexibility index (Phi) is 7.02. The number of benzene rings is 2. The molecule has 1 N–H and O–H groups in total. The summed E-state index contributed by atoms with van der Waals surface area (Å²) < 4.78 is 26.0. The van der Waals surface area contributed by atoms with E-state index in [1.807, 2.05) is 6.07 Å². The van der Waals surface area contributed by atoms with Crippen LogP contribution in [0, 0.1) is 10.7 Å². The summed E-state index contributed by atoms with van der Waals surface area (Å²) in [6.45, 7) is 3.45. The molecule has 0 radical (unpaired) electrons. The maximum Gasteiger partial charge on any atom is 0.342 e. The van der Waals surface area contributed by atoms with E-state index in [2.05, 4.69) is 20.5 Å². The molecule has 2 aromatic carbocycles. The summed E-state index contributed by atoms with van der Waals surface area (Å²) in [6, 6.07) is 7.47. The lowest BCUT2D eigenvalue weighted by Crippen LogP contribution is -2.14. The lowest BCUT2D eigenvalue weighted by atomic mass is 10.1. The summed E-state index contributed by atoms with van der Waals surface area (Å²) >= 11 is 6.41. The Bertz CT molecular complexity index is 1470. The number of aromatic nitrogens is 3. The van der Waals surface area contributed by atoms with Crippen LogP contribution in [0.2, 0.25) is 5.02 Å². The van der Waals surface area contributed by atoms with Gasteiger partial charge in [0.2, 0.25) is 5.95 Å². The lowest BCUT2D eigenvalue weighted by molar-refractivity contribution is 0.0378. The molecule has 0 unspecified atom stereocenters. The van der Waals surface area contributed by atoms with Crippen molar-refractivity contribution in [1.82, 2.24) is 14.7 Å². The van der Waals surface area contributed by atoms with Crippen molar-refractivity contribution < 1.29 is 23.5 Å². The van der Waals surface area contributed by atoms with Crippen LogP contribution in [0.15, 0.2) is 47.9 Å². The van der Waals surface area contributed by atoms with Crippen molar-refractivity contribution in [2.75, 3.05) is 19.5 Å². The molecule has 0 saturated heterocycles. The number of nitrogens with zero attached hydrogens (tertiary/aromatic N) is 4. The van der Waals surface area contributed by atoms with Crippen LogP contribution in [0.3, 0.4) is 0 Å². The van der Waals surface area contributed by atoms with E-state index in [1.165, 1.54) is 31.2 Å². The van der Waals surface area contributed by atoms with Gasteiger partial charge in [-0.25, -0.2) is 19.2 Å². The number of hydrogen-bond donors (Lipinski definition) is 1. The summed E-state index contributed by atoms with van der Waals surface area (Å²) in [5.74, 6) is -1.34. The van der Waals surface area contributed by atoms with Gasteiger partial charge in [-0.2, -0.15) is 4.73 Å². The zero-order chi connectivity index (χ0) is 26.0. The number of ether oxygens (including phenoxy) is 2. The maximum atomic E-state index is 14.0. The molecule has 0 saturated carbocycles. The Morgan fingerprint density at radius 3 is 2.69 bits per heavy atom. The fraction of sp³-hybridized carbons (Fsp3) is 0.208. The standard InChI is InChI=1S/C24H21ClFN5O5/c1-12(2)36-23(32)14-10-27-24(28-19-9-18(30-33)17(26)8-20(19)34-3)29-21(14)15-11-31(35-4)22-13(15)6-5-7-16(22)25/h5-12H,1-4H3,(H,27,28,29). The number of para-hydroxylation sites is 1. The summed E-state index contributed by atoms with van der Waals surface area (Å²) in [5, 5.41) is 6.67. The van der Waals surface area contributed by atoms with Gasteiger partial charge in [-0.05, 0) is 31.2 Å². The Morgan fingerprint density at radius 2 is 2.03 bits per heavy atom. The summed E-state index contributed by atoms with van der Waals surface area (Å²) in [4.78, 5) is 38.1. The van der Waals surface area contributed by atoms with Gasteiger partial charge in [-0.15, -0.1) is 4.91 Å². The fourth-order valence-electron chi connectivity index (χ4n) is 3.62. The normalized spacial score (nSPS) is 11.0. The monoisotopic (exact) mass is 513 g/mol. The molecule has 10 nitrogen and oxygen atoms in total. The number of nitroso groups, excluding NO2 is 1. The van der Waals surface area contributed by atoms with Gasteiger partial charge in [0.05, 0.1) is 35.8 Å². The Labute approximate surface area is 209 Å². The molecular formula is C24H21ClFN5O5. The molecule has 12 heteroatoms. The number of esters is 1. The molecule has 36 heavy (non-hydrogen) atoms. The van der Waals surface area contributed by atoms with Crippen molar-refractivity contribution in [2.24, 2.45) is 5.18 Å². The van der Waals surface area contributed by atoms with Crippen molar-refractivity contribution in [1.29, 1.82) is 0 Å². The molecule has 0 aliphatic carbocycles. The molecule has 2 aromatic heterocycles. The molecule has 0 fully saturated rings. The SMILES string of the molecule is COc1cc(F)c(N=O)cc1Nc1ncc(C(=O)OC(C)C)c(-c2cn(OC)c3c(Cl)cccc23)n1. The van der Waals surface area contributed by atoms with E-state index in [0.29, 0.717) is 21.5 Å². The van der Waals surface area contributed by atoms with Crippen LogP contribution in [-0.4, -0.2) is 41.0 Å². The Hall–Kier alpha value is -4.25. The predicted octanol–water partition coefficient (Wildman–Crippen LogP) is 5.66. The molecule has 0 atom stereocenters. The number of fused-ring (bicyclic) bond motifs is 1. The molecular weight excluding hydrogens is 493 g/mol. The van der Waals surface area contributed by atoms with Crippen LogP contribution in [-0.2, 0) is 4.74 Å². The number of nitrogens with one attached hydrogen (secondary N) is 1. The first-order chi connectivity index (χ1) is 17.3. The minimum Gasteiger partial charge on any atom is -0.494 e. The van der Waals surface area contributed by atoms with Crippen LogP contribution in [0.4, 0.5) is 21.7 Å². The minimum atomic E-state index is -0.843. The van der Waals surface area contributed by atoms with E-state index >= 15 is 0 Å². The van der Waals surface area contributed by atoms with Crippen LogP contribution in [0.25, 0.3) is 22.2 Å². The first kappa shape index (κ1) is 24.9. The third-order valence-corrected chi connectivity index (χ3v) is 5.47. The molecule has 0 aliphatic rings. The molecule has 0 amide bonds. The van der Waals surface area contributed by atoms with Gasteiger partial charge in [0.25, 0.3) is 0 Å². The van der Waals surface area contributed by atoms with Crippen molar-refractivity contribution in [3.8, 4) is 17.0 Å². The highest BCUT2D eigenvalue weighted by Gasteiger charge is 2.24. The van der Waals surface area contributed by atoms with E-state index < -0.39 is 17.5 Å². The van der Waals surface area contributed by atoms with E-state index in [4.69, 9.17) is 25.9 Å². The largest absolute Gasteiger partial charge is 0.494 e. The lowest BCUT2D eigenvalue weighted by Gasteiger charge is -2.14. The smallest absolute Gasteiger partial charge is 0.342 e. The molecule has 0 bridgehead atoms. The van der Waals surface area contributed by atoms with Crippen LogP contribution in [0.1, 0.15) is 24.2 Å². The second kappa shape index (κ2) is 10.2. The zero-order valence-corrected chi connectivity index (χ0v) is 20.5.